The molecule has 0 aliphatic carbocycles. The topological polar surface area (TPSA) is 74.7 Å². The molecule has 6 nitrogen and oxygen atoms in total. The number of aliphatic hydroxyl groups is 1. The Hall–Kier alpha value is -2.36. The normalized spacial score (nSPS) is 20.3. The van der Waals surface area contributed by atoms with Gasteiger partial charge in [0.15, 0.2) is 6.04 Å². The Morgan fingerprint density at radius 3 is 2.55 bits per heavy atom. The van der Waals surface area contributed by atoms with E-state index in [9.17, 15) is 23.1 Å². The smallest absolute Gasteiger partial charge is 0.413 e. The summed E-state index contributed by atoms with van der Waals surface area (Å²) in [4.78, 5) is 17.0. The van der Waals surface area contributed by atoms with Crippen LogP contribution < -0.4 is 5.32 Å². The number of ether oxygens (including phenoxy) is 1. The van der Waals surface area contributed by atoms with Gasteiger partial charge in [-0.3, -0.25) is 4.90 Å². The van der Waals surface area contributed by atoms with Crippen molar-refractivity contribution in [3.63, 3.8) is 0 Å². The average Bonchev–Trinajstić information content (AvgIpc) is 3.10. The summed E-state index contributed by atoms with van der Waals surface area (Å²) < 4.78 is 47.3. The number of alkyl halides is 3. The summed E-state index contributed by atoms with van der Waals surface area (Å²) in [6.07, 6.45) is -6.22. The maximum atomic E-state index is 14.0. The van der Waals surface area contributed by atoms with Gasteiger partial charge < -0.3 is 15.2 Å². The Morgan fingerprint density at radius 2 is 2.00 bits per heavy atom. The summed E-state index contributed by atoms with van der Waals surface area (Å²) >= 11 is 5.69. The molecule has 1 fully saturated rings. The lowest BCUT2D eigenvalue weighted by Gasteiger charge is -2.37. The van der Waals surface area contributed by atoms with Gasteiger partial charge in [0.05, 0.1) is 12.1 Å². The second-order valence-electron chi connectivity index (χ2n) is 6.60. The molecule has 1 saturated heterocycles. The molecule has 29 heavy (non-hydrogen) atoms. The summed E-state index contributed by atoms with van der Waals surface area (Å²) in [6, 6.07) is 7.49. The molecule has 1 aromatic carbocycles. The molecule has 156 valence electrons. The van der Waals surface area contributed by atoms with Crippen molar-refractivity contribution < 1.29 is 27.8 Å². The third-order valence-corrected chi connectivity index (χ3v) is 4.80. The fourth-order valence-corrected chi connectivity index (χ4v) is 3.33. The van der Waals surface area contributed by atoms with E-state index in [1.54, 1.807) is 30.3 Å². The number of pyridine rings is 1. The van der Waals surface area contributed by atoms with Gasteiger partial charge in [0.2, 0.25) is 0 Å². The van der Waals surface area contributed by atoms with Crippen LogP contribution in [0, 0.1) is 0 Å². The van der Waals surface area contributed by atoms with E-state index in [-0.39, 0.29) is 30.4 Å². The maximum absolute atomic E-state index is 14.0. The molecule has 0 bridgehead atoms. The molecular weight excluding hydrogens is 411 g/mol. The third-order valence-electron chi connectivity index (χ3n) is 4.58. The molecule has 0 radical (unpaired) electrons. The van der Waals surface area contributed by atoms with Crippen LogP contribution in [0.4, 0.5) is 18.0 Å². The second-order valence-corrected chi connectivity index (χ2v) is 6.99. The van der Waals surface area contributed by atoms with Crippen LogP contribution in [-0.4, -0.2) is 52.5 Å². The first kappa shape index (κ1) is 21.4. The lowest BCUT2D eigenvalue weighted by atomic mass is 10.0. The zero-order valence-electron chi connectivity index (χ0n) is 15.1. The Kier molecular flexibility index (Phi) is 6.61. The molecule has 0 spiro atoms. The molecule has 10 heteroatoms. The van der Waals surface area contributed by atoms with Gasteiger partial charge in [-0.05, 0) is 11.6 Å². The van der Waals surface area contributed by atoms with Crippen molar-refractivity contribution in [2.75, 3.05) is 13.1 Å². The number of rotatable bonds is 5. The average molecular weight is 430 g/mol. The number of carbonyl (C=O) groups excluding carboxylic acids is 1. The van der Waals surface area contributed by atoms with Gasteiger partial charge in [0.25, 0.3) is 0 Å². The minimum absolute atomic E-state index is 0.00476. The molecule has 3 atom stereocenters. The quantitative estimate of drug-likeness (QED) is 0.713. The molecule has 1 amide bonds. The Balaban J connectivity index is 1.93. The number of aliphatic hydroxyl groups excluding tert-OH is 1. The number of nitrogens with zero attached hydrogens (tertiary/aromatic N) is 2. The molecule has 2 N–H and O–H groups in total. The molecule has 1 aliphatic rings. The first-order valence-corrected chi connectivity index (χ1v) is 9.21. The van der Waals surface area contributed by atoms with E-state index >= 15 is 0 Å². The number of β-amino-alcohol motifs (C(OH)–C–C–N with tert-alkyl or cyclic N) is 1. The largest absolute Gasteiger partial charge is 0.445 e. The van der Waals surface area contributed by atoms with Crippen molar-refractivity contribution in [3.05, 3.63) is 64.9 Å². The van der Waals surface area contributed by atoms with E-state index in [4.69, 9.17) is 16.3 Å². The van der Waals surface area contributed by atoms with E-state index in [1.165, 1.54) is 6.07 Å². The van der Waals surface area contributed by atoms with Crippen LogP contribution in [0.25, 0.3) is 0 Å². The predicted octanol–water partition coefficient (Wildman–Crippen LogP) is 3.31. The number of amides is 1. The highest BCUT2D eigenvalue weighted by Gasteiger charge is 2.51. The van der Waals surface area contributed by atoms with Crippen molar-refractivity contribution in [3.8, 4) is 0 Å². The highest BCUT2D eigenvalue weighted by atomic mass is 35.5. The van der Waals surface area contributed by atoms with Crippen LogP contribution >= 0.6 is 11.6 Å². The summed E-state index contributed by atoms with van der Waals surface area (Å²) in [5.74, 6) is 0. The van der Waals surface area contributed by atoms with Crippen LogP contribution in [0.15, 0.2) is 48.7 Å². The van der Waals surface area contributed by atoms with E-state index < -0.39 is 30.5 Å². The zero-order valence-corrected chi connectivity index (χ0v) is 15.9. The van der Waals surface area contributed by atoms with Gasteiger partial charge in [-0.2, -0.15) is 13.2 Å². The summed E-state index contributed by atoms with van der Waals surface area (Å²) in [5.41, 5.74) is 0.347. The van der Waals surface area contributed by atoms with Gasteiger partial charge in [-0.25, -0.2) is 9.78 Å². The second kappa shape index (κ2) is 8.98. The molecule has 1 aromatic heterocycles. The molecule has 2 aromatic rings. The van der Waals surface area contributed by atoms with Crippen molar-refractivity contribution in [1.29, 1.82) is 0 Å². The molecule has 1 aliphatic heterocycles. The van der Waals surface area contributed by atoms with Crippen LogP contribution in [0.2, 0.25) is 5.15 Å². The van der Waals surface area contributed by atoms with Gasteiger partial charge in [-0.15, -0.1) is 0 Å². The lowest BCUT2D eigenvalue weighted by molar-refractivity contribution is -0.189. The fourth-order valence-electron chi connectivity index (χ4n) is 3.22. The van der Waals surface area contributed by atoms with E-state index in [0.29, 0.717) is 10.5 Å². The highest BCUT2D eigenvalue weighted by molar-refractivity contribution is 6.29. The van der Waals surface area contributed by atoms with Gasteiger partial charge in [0.1, 0.15) is 11.8 Å². The molecular formula is C19H19ClF3N3O3. The molecule has 0 unspecified atom stereocenters. The number of nitrogens with one attached hydrogen (secondary N) is 1. The van der Waals surface area contributed by atoms with Crippen LogP contribution in [0.5, 0.6) is 0 Å². The Labute approximate surface area is 170 Å². The van der Waals surface area contributed by atoms with E-state index in [0.717, 1.165) is 12.3 Å². The predicted molar refractivity (Wildman–Crippen MR) is 99.2 cm³/mol. The van der Waals surface area contributed by atoms with Crippen LogP contribution in [0.3, 0.4) is 0 Å². The van der Waals surface area contributed by atoms with Crippen LogP contribution in [-0.2, 0) is 11.3 Å². The summed E-state index contributed by atoms with van der Waals surface area (Å²) in [6.45, 7) is -0.137. The molecule has 3 rings (SSSR count). The number of benzene rings is 1. The van der Waals surface area contributed by atoms with Crippen molar-refractivity contribution in [2.24, 2.45) is 0 Å². The van der Waals surface area contributed by atoms with E-state index in [2.05, 4.69) is 10.3 Å². The molecule has 0 saturated carbocycles. The first-order chi connectivity index (χ1) is 13.8. The maximum Gasteiger partial charge on any atom is 0.413 e. The minimum Gasteiger partial charge on any atom is -0.445 e. The summed E-state index contributed by atoms with van der Waals surface area (Å²) in [5, 5.41) is 13.0. The van der Waals surface area contributed by atoms with Crippen LogP contribution in [0.1, 0.15) is 17.2 Å². The number of hydrogen-bond acceptors (Lipinski definition) is 5. The zero-order chi connectivity index (χ0) is 21.0. The highest BCUT2D eigenvalue weighted by Crippen LogP contribution is 2.40. The standard InChI is InChI=1S/C19H19ClF3N3O3/c20-16-7-6-13(8-25-16)17(19(21,22)23)26(14-9-24-10-15(14)27)18(28)29-11-12-4-2-1-3-5-12/h1-8,14-15,17,24,27H,9-11H2/t14-,15-,17-/m1/s1. The fraction of sp³-hybridized carbons (Fsp3) is 0.368. The summed E-state index contributed by atoms with van der Waals surface area (Å²) in [7, 11) is 0. The van der Waals surface area contributed by atoms with Crippen molar-refractivity contribution in [2.45, 2.75) is 31.0 Å². The first-order valence-electron chi connectivity index (χ1n) is 8.83. The Bertz CT molecular complexity index is 821. The van der Waals surface area contributed by atoms with Gasteiger partial charge >= 0.3 is 12.3 Å². The van der Waals surface area contributed by atoms with Gasteiger partial charge in [0, 0.05) is 24.8 Å². The van der Waals surface area contributed by atoms with E-state index in [1.807, 2.05) is 0 Å². The number of halogens is 4. The SMILES string of the molecule is O=C(OCc1ccccc1)N([C@@H]1CNC[C@H]1O)[C@H](c1ccc(Cl)nc1)C(F)(F)F. The number of carbonyl (C=O) groups is 1. The number of hydrogen-bond donors (Lipinski definition) is 2. The van der Waals surface area contributed by atoms with Crippen molar-refractivity contribution >= 4 is 17.7 Å². The Morgan fingerprint density at radius 1 is 1.28 bits per heavy atom. The molecule has 2 heterocycles. The monoisotopic (exact) mass is 429 g/mol. The minimum atomic E-state index is -4.83. The van der Waals surface area contributed by atoms with Crippen molar-refractivity contribution in [1.82, 2.24) is 15.2 Å². The third kappa shape index (κ3) is 5.17. The van der Waals surface area contributed by atoms with Gasteiger partial charge in [-0.1, -0.05) is 48.0 Å². The lowest BCUT2D eigenvalue weighted by Crippen LogP contribution is -2.52. The number of aromatic nitrogens is 1.